The number of carbonyl (C=O) groups is 2. The summed E-state index contributed by atoms with van der Waals surface area (Å²) < 4.78 is 32.7. The summed E-state index contributed by atoms with van der Waals surface area (Å²) in [4.78, 5) is 34.8. The average Bonchev–Trinajstić information content (AvgIpc) is 2.77. The van der Waals surface area contributed by atoms with Crippen molar-refractivity contribution in [2.75, 3.05) is 19.8 Å². The lowest BCUT2D eigenvalue weighted by molar-refractivity contribution is -0.143. The maximum absolute atomic E-state index is 13.9. The molecule has 1 aliphatic rings. The van der Waals surface area contributed by atoms with E-state index in [9.17, 15) is 18.4 Å². The van der Waals surface area contributed by atoms with Crippen LogP contribution >= 0.6 is 11.6 Å². The van der Waals surface area contributed by atoms with Gasteiger partial charge in [0.15, 0.2) is 0 Å². The normalized spacial score (nSPS) is 16.4. The van der Waals surface area contributed by atoms with E-state index in [1.54, 1.807) is 6.07 Å². The van der Waals surface area contributed by atoms with E-state index in [2.05, 4.69) is 15.3 Å². The number of rotatable bonds is 8. The summed E-state index contributed by atoms with van der Waals surface area (Å²) in [5.74, 6) is -1.98. The van der Waals surface area contributed by atoms with Gasteiger partial charge >= 0.3 is 0 Å². The Morgan fingerprint density at radius 1 is 1.26 bits per heavy atom. The molecule has 0 saturated carbocycles. The van der Waals surface area contributed by atoms with Crippen LogP contribution in [0, 0.1) is 5.82 Å². The first kappa shape index (κ1) is 23.0. The van der Waals surface area contributed by atoms with Gasteiger partial charge in [0.05, 0.1) is 0 Å². The van der Waals surface area contributed by atoms with Gasteiger partial charge < -0.3 is 15.0 Å². The Kier molecular flexibility index (Phi) is 8.25. The number of carbonyl (C=O) groups excluding carboxylic acids is 2. The van der Waals surface area contributed by atoms with Gasteiger partial charge in [0.2, 0.25) is 5.91 Å². The molecule has 2 heterocycles. The molecule has 3 rings (SSSR count). The van der Waals surface area contributed by atoms with Gasteiger partial charge in [-0.2, -0.15) is 0 Å². The maximum atomic E-state index is 13.9. The van der Waals surface area contributed by atoms with Gasteiger partial charge in [0, 0.05) is 43.8 Å². The molecule has 0 aliphatic carbocycles. The van der Waals surface area contributed by atoms with E-state index in [1.807, 2.05) is 0 Å². The standard InChI is InChI=1S/C21H23ClF2N4O3/c22-19(24)21(30)28(7-4-14-2-1-3-16(23)10-14)18(15-11-25-13-26-12-15)20(29)27-17-5-8-31-9-6-17/h1-3,10-13,17-19H,4-9H2,(H,27,29)/t18-,19+/m1/s1. The lowest BCUT2D eigenvalue weighted by Crippen LogP contribution is -2.49. The van der Waals surface area contributed by atoms with Crippen LogP contribution in [0.3, 0.4) is 0 Å². The van der Waals surface area contributed by atoms with E-state index < -0.39 is 29.3 Å². The monoisotopic (exact) mass is 452 g/mol. The van der Waals surface area contributed by atoms with Gasteiger partial charge in [0.1, 0.15) is 18.2 Å². The van der Waals surface area contributed by atoms with Crippen LogP contribution in [-0.2, 0) is 20.7 Å². The summed E-state index contributed by atoms with van der Waals surface area (Å²) in [5, 5.41) is 2.91. The second-order valence-electron chi connectivity index (χ2n) is 7.18. The lowest BCUT2D eigenvalue weighted by atomic mass is 10.0. The molecule has 10 heteroatoms. The number of halogens is 3. The molecule has 1 fully saturated rings. The molecule has 0 unspecified atom stereocenters. The molecule has 0 radical (unpaired) electrons. The van der Waals surface area contributed by atoms with Crippen LogP contribution in [0.1, 0.15) is 30.0 Å². The quantitative estimate of drug-likeness (QED) is 0.622. The van der Waals surface area contributed by atoms with Crippen LogP contribution < -0.4 is 5.32 Å². The van der Waals surface area contributed by atoms with E-state index in [4.69, 9.17) is 16.3 Å². The summed E-state index contributed by atoms with van der Waals surface area (Å²) in [7, 11) is 0. The molecule has 166 valence electrons. The van der Waals surface area contributed by atoms with E-state index in [-0.39, 0.29) is 19.0 Å². The largest absolute Gasteiger partial charge is 0.381 e. The molecule has 1 aromatic heterocycles. The fraction of sp³-hybridized carbons (Fsp3) is 0.429. The first-order valence-electron chi connectivity index (χ1n) is 9.92. The van der Waals surface area contributed by atoms with Crippen LogP contribution in [0.15, 0.2) is 43.0 Å². The van der Waals surface area contributed by atoms with E-state index >= 15 is 0 Å². The zero-order chi connectivity index (χ0) is 22.2. The van der Waals surface area contributed by atoms with Crippen molar-refractivity contribution in [2.45, 2.75) is 37.0 Å². The number of amides is 2. The summed E-state index contributed by atoms with van der Waals surface area (Å²) in [5.41, 5.74) is -1.43. The van der Waals surface area contributed by atoms with Crippen molar-refractivity contribution in [2.24, 2.45) is 0 Å². The van der Waals surface area contributed by atoms with Crippen molar-refractivity contribution >= 4 is 23.4 Å². The van der Waals surface area contributed by atoms with E-state index in [1.165, 1.54) is 36.9 Å². The van der Waals surface area contributed by atoms with Gasteiger partial charge in [-0.3, -0.25) is 9.59 Å². The number of benzene rings is 1. The molecular weight excluding hydrogens is 430 g/mol. The summed E-state index contributed by atoms with van der Waals surface area (Å²) in [6, 6.07) is 4.51. The molecule has 0 spiro atoms. The van der Waals surface area contributed by atoms with Crippen LogP contribution in [0.4, 0.5) is 8.78 Å². The minimum Gasteiger partial charge on any atom is -0.381 e. The smallest absolute Gasteiger partial charge is 0.273 e. The molecule has 31 heavy (non-hydrogen) atoms. The third-order valence-electron chi connectivity index (χ3n) is 5.02. The van der Waals surface area contributed by atoms with Gasteiger partial charge in [-0.1, -0.05) is 23.7 Å². The Balaban J connectivity index is 1.87. The topological polar surface area (TPSA) is 84.4 Å². The van der Waals surface area contributed by atoms with Crippen LogP contribution in [0.5, 0.6) is 0 Å². The molecule has 7 nitrogen and oxygen atoms in total. The molecule has 2 aromatic rings. The Labute approximate surface area is 183 Å². The number of nitrogens with one attached hydrogen (secondary N) is 1. The first-order valence-corrected chi connectivity index (χ1v) is 10.4. The highest BCUT2D eigenvalue weighted by Crippen LogP contribution is 2.24. The van der Waals surface area contributed by atoms with Gasteiger partial charge in [-0.25, -0.2) is 18.7 Å². The maximum Gasteiger partial charge on any atom is 0.273 e. The molecule has 0 bridgehead atoms. The molecular formula is C21H23ClF2N4O3. The third kappa shape index (κ3) is 6.41. The van der Waals surface area contributed by atoms with Crippen LogP contribution in [0.25, 0.3) is 0 Å². The van der Waals surface area contributed by atoms with Crippen molar-refractivity contribution in [3.05, 3.63) is 59.9 Å². The summed E-state index contributed by atoms with van der Waals surface area (Å²) >= 11 is 5.46. The highest BCUT2D eigenvalue weighted by atomic mass is 35.5. The molecule has 2 atom stereocenters. The van der Waals surface area contributed by atoms with E-state index in [0.29, 0.717) is 37.2 Å². The minimum atomic E-state index is -2.34. The highest BCUT2D eigenvalue weighted by molar-refractivity contribution is 6.29. The predicted molar refractivity (Wildman–Crippen MR) is 109 cm³/mol. The van der Waals surface area contributed by atoms with Gasteiger partial charge in [0.25, 0.3) is 11.5 Å². The zero-order valence-corrected chi connectivity index (χ0v) is 17.5. The Morgan fingerprint density at radius 2 is 1.97 bits per heavy atom. The Bertz CT molecular complexity index is 882. The van der Waals surface area contributed by atoms with Crippen molar-refractivity contribution in [1.29, 1.82) is 0 Å². The molecule has 1 N–H and O–H groups in total. The Morgan fingerprint density at radius 3 is 2.61 bits per heavy atom. The van der Waals surface area contributed by atoms with Crippen molar-refractivity contribution in [3.8, 4) is 0 Å². The fourth-order valence-electron chi connectivity index (χ4n) is 3.48. The number of aromatic nitrogens is 2. The van der Waals surface area contributed by atoms with E-state index in [0.717, 1.165) is 4.90 Å². The third-order valence-corrected chi connectivity index (χ3v) is 5.21. The SMILES string of the molecule is O=C(NC1CCOCC1)[C@@H](c1cncnc1)N(CCc1cccc(F)c1)C(=O)[C@H](F)Cl. The van der Waals surface area contributed by atoms with Crippen LogP contribution in [0.2, 0.25) is 0 Å². The highest BCUT2D eigenvalue weighted by Gasteiger charge is 2.35. The number of hydrogen-bond donors (Lipinski definition) is 1. The summed E-state index contributed by atoms with van der Waals surface area (Å²) in [6.45, 7) is 0.969. The van der Waals surface area contributed by atoms with Gasteiger partial charge in [-0.05, 0) is 37.0 Å². The second-order valence-corrected chi connectivity index (χ2v) is 7.57. The average molecular weight is 453 g/mol. The summed E-state index contributed by atoms with van der Waals surface area (Å²) in [6.07, 6.45) is 5.53. The molecule has 1 saturated heterocycles. The molecule has 1 aliphatic heterocycles. The van der Waals surface area contributed by atoms with Crippen molar-refractivity contribution in [1.82, 2.24) is 20.2 Å². The van der Waals surface area contributed by atoms with Crippen molar-refractivity contribution in [3.63, 3.8) is 0 Å². The predicted octanol–water partition coefficient (Wildman–Crippen LogP) is 2.56. The lowest BCUT2D eigenvalue weighted by Gasteiger charge is -2.33. The zero-order valence-electron chi connectivity index (χ0n) is 16.7. The second kappa shape index (κ2) is 11.1. The first-order chi connectivity index (χ1) is 15.0. The minimum absolute atomic E-state index is 0.0593. The number of alkyl halides is 2. The number of nitrogens with zero attached hydrogens (tertiary/aromatic N) is 3. The number of ether oxygens (including phenoxy) is 1. The number of hydrogen-bond acceptors (Lipinski definition) is 5. The Hall–Kier alpha value is -2.65. The van der Waals surface area contributed by atoms with Crippen molar-refractivity contribution < 1.29 is 23.1 Å². The molecule has 2 amide bonds. The fourth-order valence-corrected chi connectivity index (χ4v) is 3.61. The van der Waals surface area contributed by atoms with Gasteiger partial charge in [-0.15, -0.1) is 0 Å². The van der Waals surface area contributed by atoms with Crippen LogP contribution in [-0.4, -0.2) is 58.1 Å². The molecule has 1 aromatic carbocycles.